The average molecular weight is 580 g/mol. The summed E-state index contributed by atoms with van der Waals surface area (Å²) >= 11 is 0. The normalized spacial score (nSPS) is 34.7. The highest BCUT2D eigenvalue weighted by Gasteiger charge is 2.71. The molecule has 8 atom stereocenters. The summed E-state index contributed by atoms with van der Waals surface area (Å²) in [5.41, 5.74) is -3.13. The van der Waals surface area contributed by atoms with Crippen LogP contribution in [0.5, 0.6) is 11.5 Å². The van der Waals surface area contributed by atoms with Gasteiger partial charge in [0.25, 0.3) is 0 Å². The molecule has 0 unspecified atom stereocenters. The number of carbonyl (C=O) groups excluding carboxylic acids is 1. The number of aliphatic hydroxyl groups is 5. The number of likely N-dealkylation sites (N-methyl/N-ethyl adjacent to an activating group) is 1. The molecule has 2 saturated carbocycles. The van der Waals surface area contributed by atoms with Gasteiger partial charge in [0.2, 0.25) is 12.0 Å². The van der Waals surface area contributed by atoms with Crippen LogP contribution in [-0.4, -0.2) is 101 Å². The van der Waals surface area contributed by atoms with E-state index in [-0.39, 0.29) is 56.3 Å². The largest absolute Gasteiger partial charge is 0.485 e. The Morgan fingerprint density at radius 2 is 2.02 bits per heavy atom. The monoisotopic (exact) mass is 579 g/mol. The highest BCUT2D eigenvalue weighted by Crippen LogP contribution is 2.56. The van der Waals surface area contributed by atoms with Crippen molar-refractivity contribution in [1.82, 2.24) is 5.32 Å². The van der Waals surface area contributed by atoms with Crippen molar-refractivity contribution in [2.45, 2.75) is 81.3 Å². The molecule has 3 aliphatic rings. The molecule has 228 valence electrons. The molecule has 1 saturated heterocycles. The van der Waals surface area contributed by atoms with E-state index in [2.05, 4.69) is 5.32 Å². The number of rotatable bonds is 11. The summed E-state index contributed by atoms with van der Waals surface area (Å²) in [5, 5.41) is 59.7. The number of hydrogen-bond donors (Lipinski definition) is 6. The molecule has 0 amide bonds. The van der Waals surface area contributed by atoms with E-state index in [1.54, 1.807) is 26.1 Å². The Kier molecular flexibility index (Phi) is 8.82. The van der Waals surface area contributed by atoms with Gasteiger partial charge in [-0.15, -0.1) is 0 Å². The van der Waals surface area contributed by atoms with Gasteiger partial charge in [-0.25, -0.2) is 0 Å². The van der Waals surface area contributed by atoms with Crippen molar-refractivity contribution < 1.29 is 53.7 Å². The SMILES string of the molecule is CCOC(=O)CCc1cc2ccoc2c(OCCNC)c1O[C@H]1O[C@H](CO)[C@]2(O)C[C@@H]3CC[C@@H](O)C[C@@H]3[C@]1(O)[C@H]2O. The van der Waals surface area contributed by atoms with Gasteiger partial charge in [-0.1, -0.05) is 0 Å². The lowest BCUT2D eigenvalue weighted by Crippen LogP contribution is -2.80. The van der Waals surface area contributed by atoms with Crippen LogP contribution in [0.15, 0.2) is 22.8 Å². The van der Waals surface area contributed by atoms with Crippen LogP contribution in [0, 0.1) is 11.8 Å². The Morgan fingerprint density at radius 3 is 2.76 bits per heavy atom. The number of hydrogen-bond acceptors (Lipinski definition) is 12. The first-order chi connectivity index (χ1) is 19.7. The smallest absolute Gasteiger partial charge is 0.306 e. The van der Waals surface area contributed by atoms with E-state index < -0.39 is 54.3 Å². The molecule has 1 aromatic heterocycles. The van der Waals surface area contributed by atoms with E-state index in [1.807, 2.05) is 0 Å². The minimum Gasteiger partial charge on any atom is -0.485 e. The van der Waals surface area contributed by atoms with Crippen LogP contribution >= 0.6 is 0 Å². The van der Waals surface area contributed by atoms with Gasteiger partial charge in [0, 0.05) is 24.3 Å². The topological polar surface area (TPSA) is 180 Å². The highest BCUT2D eigenvalue weighted by molar-refractivity contribution is 5.87. The van der Waals surface area contributed by atoms with Gasteiger partial charge in [0.05, 0.1) is 25.6 Å². The molecule has 1 aliphatic heterocycles. The number of fused-ring (bicyclic) bond motifs is 5. The van der Waals surface area contributed by atoms with Crippen molar-refractivity contribution in [3.63, 3.8) is 0 Å². The molecule has 2 heterocycles. The van der Waals surface area contributed by atoms with Crippen molar-refractivity contribution in [2.24, 2.45) is 11.8 Å². The first-order valence-corrected chi connectivity index (χ1v) is 14.4. The summed E-state index contributed by atoms with van der Waals surface area (Å²) in [6, 6.07) is 3.54. The van der Waals surface area contributed by atoms with Crippen LogP contribution in [0.1, 0.15) is 44.6 Å². The molecule has 2 aromatic rings. The predicted molar refractivity (Wildman–Crippen MR) is 144 cm³/mol. The molecular weight excluding hydrogens is 538 g/mol. The summed E-state index contributed by atoms with van der Waals surface area (Å²) < 4.78 is 29.5. The molecule has 5 rings (SSSR count). The Hall–Kier alpha value is -2.45. The third kappa shape index (κ3) is 5.31. The summed E-state index contributed by atoms with van der Waals surface area (Å²) in [6.45, 7) is 2.07. The second-order valence-corrected chi connectivity index (χ2v) is 11.4. The van der Waals surface area contributed by atoms with Gasteiger partial charge < -0.3 is 54.2 Å². The minimum atomic E-state index is -2.14. The third-order valence-corrected chi connectivity index (χ3v) is 8.91. The number of furan rings is 1. The number of aliphatic hydroxyl groups excluding tert-OH is 3. The molecule has 12 nitrogen and oxygen atoms in total. The lowest BCUT2D eigenvalue weighted by molar-refractivity contribution is -0.391. The van der Waals surface area contributed by atoms with Gasteiger partial charge in [-0.3, -0.25) is 4.79 Å². The zero-order chi connectivity index (χ0) is 29.4. The van der Waals surface area contributed by atoms with Crippen molar-refractivity contribution in [3.8, 4) is 11.5 Å². The number of nitrogens with one attached hydrogen (secondary N) is 1. The molecule has 41 heavy (non-hydrogen) atoms. The van der Waals surface area contributed by atoms with Gasteiger partial charge >= 0.3 is 5.97 Å². The second kappa shape index (κ2) is 12.0. The maximum atomic E-state index is 12.3. The Balaban J connectivity index is 1.59. The van der Waals surface area contributed by atoms with E-state index in [0.717, 1.165) is 0 Å². The summed E-state index contributed by atoms with van der Waals surface area (Å²) in [5.74, 6) is -0.943. The Labute approximate surface area is 238 Å². The quantitative estimate of drug-likeness (QED) is 0.162. The molecule has 12 heteroatoms. The van der Waals surface area contributed by atoms with Crippen molar-refractivity contribution in [3.05, 3.63) is 24.0 Å². The number of aryl methyl sites for hydroxylation is 1. The van der Waals surface area contributed by atoms with Crippen LogP contribution in [0.2, 0.25) is 0 Å². The lowest BCUT2D eigenvalue weighted by Gasteiger charge is -2.62. The summed E-state index contributed by atoms with van der Waals surface area (Å²) in [7, 11) is 1.78. The molecule has 2 bridgehead atoms. The second-order valence-electron chi connectivity index (χ2n) is 11.4. The van der Waals surface area contributed by atoms with E-state index in [1.165, 1.54) is 6.26 Å². The maximum Gasteiger partial charge on any atom is 0.306 e. The number of carbonyl (C=O) groups is 1. The molecule has 0 spiro atoms. The van der Waals surface area contributed by atoms with Gasteiger partial charge in [0.15, 0.2) is 16.9 Å². The molecular formula is C29H41NO11. The highest BCUT2D eigenvalue weighted by atomic mass is 16.7. The molecule has 3 fully saturated rings. The fourth-order valence-electron chi connectivity index (χ4n) is 6.86. The van der Waals surface area contributed by atoms with E-state index in [4.69, 9.17) is 23.4 Å². The fourth-order valence-corrected chi connectivity index (χ4v) is 6.86. The van der Waals surface area contributed by atoms with Crippen LogP contribution in [-0.2, 0) is 20.7 Å². The van der Waals surface area contributed by atoms with Crippen molar-refractivity contribution >= 4 is 16.9 Å². The van der Waals surface area contributed by atoms with Crippen LogP contribution in [0.25, 0.3) is 11.0 Å². The molecule has 2 aliphatic carbocycles. The molecule has 6 N–H and O–H groups in total. The molecule has 0 radical (unpaired) electrons. The average Bonchev–Trinajstić information content (AvgIpc) is 3.42. The molecule has 1 aromatic carbocycles. The number of esters is 1. The van der Waals surface area contributed by atoms with Crippen molar-refractivity contribution in [1.29, 1.82) is 0 Å². The van der Waals surface area contributed by atoms with Crippen LogP contribution in [0.3, 0.4) is 0 Å². The number of benzene rings is 1. The zero-order valence-corrected chi connectivity index (χ0v) is 23.5. The van der Waals surface area contributed by atoms with E-state index >= 15 is 0 Å². The van der Waals surface area contributed by atoms with E-state index in [9.17, 15) is 30.3 Å². The summed E-state index contributed by atoms with van der Waals surface area (Å²) in [6.07, 6.45) is -2.20. The third-order valence-electron chi connectivity index (χ3n) is 8.91. The number of ether oxygens (including phenoxy) is 4. The zero-order valence-electron chi connectivity index (χ0n) is 23.5. The van der Waals surface area contributed by atoms with E-state index in [0.29, 0.717) is 35.9 Å². The van der Waals surface area contributed by atoms with Gasteiger partial charge in [-0.05, 0) is 69.7 Å². The first kappa shape index (κ1) is 30.0. The Bertz CT molecular complexity index is 1220. The lowest BCUT2D eigenvalue weighted by atomic mass is 9.54. The van der Waals surface area contributed by atoms with Gasteiger partial charge in [0.1, 0.15) is 24.4 Å². The maximum absolute atomic E-state index is 12.3. The fraction of sp³-hybridized carbons (Fsp3) is 0.690. The van der Waals surface area contributed by atoms with Crippen LogP contribution < -0.4 is 14.8 Å². The van der Waals surface area contributed by atoms with Crippen LogP contribution in [0.4, 0.5) is 0 Å². The predicted octanol–water partition coefficient (Wildman–Crippen LogP) is 0.627. The van der Waals surface area contributed by atoms with Crippen molar-refractivity contribution in [2.75, 3.05) is 33.4 Å². The standard InChI is InChI=1S/C29H41NO11/c1-3-37-22(33)7-5-16-12-17-8-10-38-23(17)25(39-11-9-30-2)24(16)41-27-29(36)20-13-19(32)6-4-18(20)14-28(35,26(29)34)21(15-31)40-27/h8,10,12,18-21,26-27,30-32,34-36H,3-7,9,11,13-15H2,1-2H3/t18-,19+,20-,21+,26-,27+,28+,29-/m0/s1. The Morgan fingerprint density at radius 1 is 1.22 bits per heavy atom. The first-order valence-electron chi connectivity index (χ1n) is 14.4. The summed E-state index contributed by atoms with van der Waals surface area (Å²) in [4.78, 5) is 12.3. The minimum absolute atomic E-state index is 0.0395. The van der Waals surface area contributed by atoms with Gasteiger partial charge in [-0.2, -0.15) is 0 Å².